The first kappa shape index (κ1) is 16.7. The summed E-state index contributed by atoms with van der Waals surface area (Å²) in [6.45, 7) is 1.93. The Morgan fingerprint density at radius 3 is 2.86 bits per heavy atom. The highest BCUT2D eigenvalue weighted by atomic mass is 35.5. The van der Waals surface area contributed by atoms with E-state index in [9.17, 15) is 9.90 Å². The van der Waals surface area contributed by atoms with Gasteiger partial charge < -0.3 is 10.4 Å². The average molecular weight is 340 g/mol. The molecule has 7 heteroatoms. The van der Waals surface area contributed by atoms with Crippen molar-refractivity contribution in [2.24, 2.45) is 0 Å². The maximum atomic E-state index is 12.1. The molecular weight excluding hydrogens is 325 g/mol. The lowest BCUT2D eigenvalue weighted by Gasteiger charge is -2.14. The Kier molecular flexibility index (Phi) is 5.71. The Morgan fingerprint density at radius 2 is 2.18 bits per heavy atom. The molecule has 1 aromatic heterocycles. The highest BCUT2D eigenvalue weighted by Gasteiger charge is 2.16. The number of aliphatic hydroxyl groups is 1. The molecule has 0 spiro atoms. The van der Waals surface area contributed by atoms with E-state index in [1.165, 1.54) is 12.5 Å². The third-order valence-corrected chi connectivity index (χ3v) is 3.71. The van der Waals surface area contributed by atoms with Crippen LogP contribution in [0, 0.1) is 0 Å². The van der Waals surface area contributed by atoms with Crippen molar-refractivity contribution in [1.29, 1.82) is 0 Å². The van der Waals surface area contributed by atoms with Crippen molar-refractivity contribution in [1.82, 2.24) is 15.3 Å². The lowest BCUT2D eigenvalue weighted by atomic mass is 10.1. The summed E-state index contributed by atoms with van der Waals surface area (Å²) in [5.41, 5.74) is 1.57. The van der Waals surface area contributed by atoms with Crippen molar-refractivity contribution >= 4 is 29.1 Å². The van der Waals surface area contributed by atoms with E-state index in [2.05, 4.69) is 15.3 Å². The third-order valence-electron chi connectivity index (χ3n) is 3.15. The zero-order valence-corrected chi connectivity index (χ0v) is 13.4. The Labute approximate surface area is 138 Å². The number of hydrogen-bond acceptors (Lipinski definition) is 4. The first-order valence-electron chi connectivity index (χ1n) is 6.73. The summed E-state index contributed by atoms with van der Waals surface area (Å²) in [6, 6.07) is 4.81. The maximum absolute atomic E-state index is 12.1. The monoisotopic (exact) mass is 339 g/mol. The summed E-state index contributed by atoms with van der Waals surface area (Å²) in [7, 11) is 0. The van der Waals surface area contributed by atoms with Gasteiger partial charge in [-0.05, 0) is 18.6 Å². The smallest absolute Gasteiger partial charge is 0.254 e. The second kappa shape index (κ2) is 7.54. The first-order chi connectivity index (χ1) is 10.5. The van der Waals surface area contributed by atoms with Crippen LogP contribution in [0.25, 0.3) is 0 Å². The summed E-state index contributed by atoms with van der Waals surface area (Å²) >= 11 is 11.8. The molecule has 2 aromatic rings. The van der Waals surface area contributed by atoms with Crippen molar-refractivity contribution in [3.8, 4) is 0 Å². The SMILES string of the molecule is CCc1ncncc1C(=O)NC[C@H](O)c1ccc(Cl)cc1Cl. The second-order valence-corrected chi connectivity index (χ2v) is 5.47. The Bertz CT molecular complexity index is 680. The molecule has 1 heterocycles. The fourth-order valence-electron chi connectivity index (χ4n) is 1.99. The molecular formula is C15H15Cl2N3O2. The highest BCUT2D eigenvalue weighted by molar-refractivity contribution is 6.35. The van der Waals surface area contributed by atoms with Crippen LogP contribution in [0.4, 0.5) is 0 Å². The fraction of sp³-hybridized carbons (Fsp3) is 0.267. The number of hydrogen-bond donors (Lipinski definition) is 2. The van der Waals surface area contributed by atoms with Gasteiger partial charge in [0.25, 0.3) is 5.91 Å². The van der Waals surface area contributed by atoms with Crippen molar-refractivity contribution < 1.29 is 9.90 Å². The number of carbonyl (C=O) groups is 1. The van der Waals surface area contributed by atoms with Gasteiger partial charge in [0.15, 0.2) is 0 Å². The van der Waals surface area contributed by atoms with E-state index >= 15 is 0 Å². The van der Waals surface area contributed by atoms with E-state index in [1.54, 1.807) is 18.2 Å². The molecule has 0 aliphatic rings. The van der Waals surface area contributed by atoms with Gasteiger partial charge in [0.1, 0.15) is 6.33 Å². The summed E-state index contributed by atoms with van der Waals surface area (Å²) in [5.74, 6) is -0.332. The third kappa shape index (κ3) is 3.94. The molecule has 1 amide bonds. The number of amides is 1. The molecule has 0 radical (unpaired) electrons. The Balaban J connectivity index is 2.04. The van der Waals surface area contributed by atoms with Crippen LogP contribution >= 0.6 is 23.2 Å². The predicted molar refractivity (Wildman–Crippen MR) is 85.2 cm³/mol. The van der Waals surface area contributed by atoms with E-state index in [0.29, 0.717) is 33.3 Å². The number of nitrogens with zero attached hydrogens (tertiary/aromatic N) is 2. The first-order valence-corrected chi connectivity index (χ1v) is 7.48. The lowest BCUT2D eigenvalue weighted by molar-refractivity contribution is 0.0914. The van der Waals surface area contributed by atoms with E-state index in [1.807, 2.05) is 6.92 Å². The minimum absolute atomic E-state index is 0.0260. The molecule has 0 saturated carbocycles. The molecule has 0 aliphatic heterocycles. The molecule has 5 nitrogen and oxygen atoms in total. The Morgan fingerprint density at radius 1 is 1.41 bits per heavy atom. The van der Waals surface area contributed by atoms with E-state index in [4.69, 9.17) is 23.2 Å². The van der Waals surface area contributed by atoms with Gasteiger partial charge in [-0.3, -0.25) is 4.79 Å². The maximum Gasteiger partial charge on any atom is 0.254 e. The zero-order chi connectivity index (χ0) is 16.1. The summed E-state index contributed by atoms with van der Waals surface area (Å²) in [4.78, 5) is 20.1. The number of aromatic nitrogens is 2. The highest BCUT2D eigenvalue weighted by Crippen LogP contribution is 2.25. The quantitative estimate of drug-likeness (QED) is 0.878. The van der Waals surface area contributed by atoms with Gasteiger partial charge in [-0.25, -0.2) is 9.97 Å². The molecule has 1 atom stereocenters. The van der Waals surface area contributed by atoms with Crippen LogP contribution in [0.5, 0.6) is 0 Å². The second-order valence-electron chi connectivity index (χ2n) is 4.63. The number of carbonyl (C=O) groups excluding carboxylic acids is 1. The van der Waals surface area contributed by atoms with Crippen LogP contribution in [-0.4, -0.2) is 27.5 Å². The molecule has 22 heavy (non-hydrogen) atoms. The van der Waals surface area contributed by atoms with Gasteiger partial charge >= 0.3 is 0 Å². The number of aliphatic hydroxyl groups excluding tert-OH is 1. The van der Waals surface area contributed by atoms with Crippen molar-refractivity contribution in [2.45, 2.75) is 19.4 Å². The number of aryl methyl sites for hydroxylation is 1. The number of nitrogens with one attached hydrogen (secondary N) is 1. The van der Waals surface area contributed by atoms with Crippen LogP contribution in [0.1, 0.15) is 34.6 Å². The van der Waals surface area contributed by atoms with Gasteiger partial charge in [0.2, 0.25) is 0 Å². The molecule has 1 aromatic carbocycles. The number of rotatable bonds is 5. The normalized spacial score (nSPS) is 12.0. The molecule has 2 rings (SSSR count). The summed E-state index contributed by atoms with van der Waals surface area (Å²) in [5, 5.41) is 13.6. The van der Waals surface area contributed by atoms with Crippen LogP contribution in [0.2, 0.25) is 10.0 Å². The number of halogens is 2. The number of benzene rings is 1. The average Bonchev–Trinajstić information content (AvgIpc) is 2.52. The van der Waals surface area contributed by atoms with Crippen molar-refractivity contribution in [3.05, 3.63) is 57.6 Å². The van der Waals surface area contributed by atoms with E-state index < -0.39 is 6.10 Å². The fourth-order valence-corrected chi connectivity index (χ4v) is 2.53. The van der Waals surface area contributed by atoms with E-state index in [-0.39, 0.29) is 12.5 Å². The lowest BCUT2D eigenvalue weighted by Crippen LogP contribution is -2.29. The molecule has 116 valence electrons. The van der Waals surface area contributed by atoms with Gasteiger partial charge in [-0.15, -0.1) is 0 Å². The van der Waals surface area contributed by atoms with Gasteiger partial charge in [0, 0.05) is 28.4 Å². The predicted octanol–water partition coefficient (Wildman–Crippen LogP) is 2.81. The van der Waals surface area contributed by atoms with E-state index in [0.717, 1.165) is 0 Å². The Hall–Kier alpha value is -1.69. The molecule has 0 bridgehead atoms. The standard InChI is InChI=1S/C15H15Cl2N3O2/c1-2-13-11(6-18-8-20-13)15(22)19-7-14(21)10-4-3-9(16)5-12(10)17/h3-6,8,14,21H,2,7H2,1H3,(H,19,22)/t14-/m0/s1. The van der Waals surface area contributed by atoms with Crippen LogP contribution in [-0.2, 0) is 6.42 Å². The summed E-state index contributed by atoms with van der Waals surface area (Å²) < 4.78 is 0. The molecule has 2 N–H and O–H groups in total. The van der Waals surface area contributed by atoms with Gasteiger partial charge in [-0.2, -0.15) is 0 Å². The van der Waals surface area contributed by atoms with Gasteiger partial charge in [0.05, 0.1) is 17.4 Å². The molecule has 0 aliphatic carbocycles. The molecule has 0 unspecified atom stereocenters. The molecule has 0 fully saturated rings. The largest absolute Gasteiger partial charge is 0.387 e. The van der Waals surface area contributed by atoms with Gasteiger partial charge in [-0.1, -0.05) is 36.2 Å². The minimum Gasteiger partial charge on any atom is -0.387 e. The van der Waals surface area contributed by atoms with Crippen LogP contribution in [0.15, 0.2) is 30.7 Å². The topological polar surface area (TPSA) is 75.1 Å². The van der Waals surface area contributed by atoms with Crippen LogP contribution in [0.3, 0.4) is 0 Å². The minimum atomic E-state index is -0.927. The van der Waals surface area contributed by atoms with Crippen molar-refractivity contribution in [2.75, 3.05) is 6.54 Å². The molecule has 0 saturated heterocycles. The van der Waals surface area contributed by atoms with Crippen molar-refractivity contribution in [3.63, 3.8) is 0 Å². The van der Waals surface area contributed by atoms with Crippen LogP contribution < -0.4 is 5.32 Å². The zero-order valence-electron chi connectivity index (χ0n) is 11.9. The summed E-state index contributed by atoms with van der Waals surface area (Å²) in [6.07, 6.45) is 2.56.